The van der Waals surface area contributed by atoms with Gasteiger partial charge in [0.2, 0.25) is 0 Å². The lowest BCUT2D eigenvalue weighted by Gasteiger charge is -2.08. The number of carbonyl (C=O) groups is 1. The third kappa shape index (κ3) is 5.39. The Labute approximate surface area is 151 Å². The van der Waals surface area contributed by atoms with Gasteiger partial charge in [-0.15, -0.1) is 0 Å². The number of rotatable bonds is 7. The predicted octanol–water partition coefficient (Wildman–Crippen LogP) is 3.28. The van der Waals surface area contributed by atoms with Crippen LogP contribution in [0.4, 0.5) is 0 Å². The fraction of sp³-hybridized carbons (Fsp3) is 0.222. The van der Waals surface area contributed by atoms with Crippen LogP contribution in [0.2, 0.25) is 5.02 Å². The first kappa shape index (κ1) is 18.6. The van der Waals surface area contributed by atoms with Crippen LogP contribution in [0, 0.1) is 6.92 Å². The summed E-state index contributed by atoms with van der Waals surface area (Å²) in [5, 5.41) is 14.4. The Bertz CT molecular complexity index is 778. The molecule has 2 N–H and O–H groups in total. The number of ether oxygens (including phenoxy) is 2. The Morgan fingerprint density at radius 3 is 2.80 bits per heavy atom. The van der Waals surface area contributed by atoms with E-state index in [0.717, 1.165) is 5.56 Å². The summed E-state index contributed by atoms with van der Waals surface area (Å²) in [6, 6.07) is 10.2. The molecule has 0 saturated heterocycles. The lowest BCUT2D eigenvalue weighted by molar-refractivity contribution is -0.123. The summed E-state index contributed by atoms with van der Waals surface area (Å²) in [6.07, 6.45) is 1.34. The maximum atomic E-state index is 11.8. The second kappa shape index (κ2) is 8.94. The minimum atomic E-state index is -0.425. The van der Waals surface area contributed by atoms with Gasteiger partial charge in [0, 0.05) is 10.6 Å². The van der Waals surface area contributed by atoms with Crippen molar-refractivity contribution in [2.24, 2.45) is 5.10 Å². The van der Waals surface area contributed by atoms with Crippen LogP contribution < -0.4 is 14.9 Å². The smallest absolute Gasteiger partial charge is 0.277 e. The van der Waals surface area contributed by atoms with E-state index in [1.54, 1.807) is 36.4 Å². The van der Waals surface area contributed by atoms with E-state index in [1.807, 2.05) is 13.8 Å². The molecule has 132 valence electrons. The average molecular weight is 363 g/mol. The fourth-order valence-corrected chi connectivity index (χ4v) is 2.27. The van der Waals surface area contributed by atoms with E-state index in [0.29, 0.717) is 28.7 Å². The van der Waals surface area contributed by atoms with Crippen molar-refractivity contribution < 1.29 is 19.4 Å². The second-order valence-electron chi connectivity index (χ2n) is 5.12. The summed E-state index contributed by atoms with van der Waals surface area (Å²) in [5.41, 5.74) is 3.60. The maximum absolute atomic E-state index is 11.8. The number of aromatic hydroxyl groups is 1. The van der Waals surface area contributed by atoms with Crippen LogP contribution in [0.15, 0.2) is 41.5 Å². The van der Waals surface area contributed by atoms with Crippen molar-refractivity contribution in [2.75, 3.05) is 13.2 Å². The molecule has 0 spiro atoms. The molecule has 0 aliphatic rings. The van der Waals surface area contributed by atoms with Gasteiger partial charge in [0.15, 0.2) is 18.1 Å². The average Bonchev–Trinajstić information content (AvgIpc) is 2.57. The van der Waals surface area contributed by atoms with Crippen molar-refractivity contribution in [3.8, 4) is 17.2 Å². The minimum Gasteiger partial charge on any atom is -0.504 e. The zero-order valence-electron chi connectivity index (χ0n) is 14.0. The SMILES string of the molecule is CCOc1cccc(/C=N/NC(=O)COc2ccc(Cl)cc2C)c1O. The summed E-state index contributed by atoms with van der Waals surface area (Å²) in [4.78, 5) is 11.8. The van der Waals surface area contributed by atoms with E-state index in [1.165, 1.54) is 6.21 Å². The number of carbonyl (C=O) groups excluding carboxylic acids is 1. The van der Waals surface area contributed by atoms with Gasteiger partial charge in [-0.05, 0) is 49.7 Å². The summed E-state index contributed by atoms with van der Waals surface area (Å²) in [6.45, 7) is 3.91. The van der Waals surface area contributed by atoms with Crippen LogP contribution in [0.3, 0.4) is 0 Å². The van der Waals surface area contributed by atoms with Crippen LogP contribution in [-0.2, 0) is 4.79 Å². The topological polar surface area (TPSA) is 80.2 Å². The molecule has 0 fully saturated rings. The predicted molar refractivity (Wildman–Crippen MR) is 96.7 cm³/mol. The summed E-state index contributed by atoms with van der Waals surface area (Å²) >= 11 is 5.87. The number of hydrogen-bond acceptors (Lipinski definition) is 5. The molecule has 0 saturated carbocycles. The summed E-state index contributed by atoms with van der Waals surface area (Å²) < 4.78 is 10.7. The van der Waals surface area contributed by atoms with Gasteiger partial charge in [0.1, 0.15) is 5.75 Å². The quantitative estimate of drug-likeness (QED) is 0.585. The standard InChI is InChI=1S/C18H19ClN2O4/c1-3-24-16-6-4-5-13(18(16)23)10-20-21-17(22)11-25-15-8-7-14(19)9-12(15)2/h4-10,23H,3,11H2,1-2H3,(H,21,22)/b20-10+. The lowest BCUT2D eigenvalue weighted by Crippen LogP contribution is -2.24. The minimum absolute atomic E-state index is 0.0320. The molecule has 1 amide bonds. The van der Waals surface area contributed by atoms with E-state index in [4.69, 9.17) is 21.1 Å². The number of amides is 1. The van der Waals surface area contributed by atoms with Crippen molar-refractivity contribution in [1.29, 1.82) is 0 Å². The molecule has 0 aromatic heterocycles. The molecule has 0 aliphatic carbocycles. The first-order valence-corrected chi connectivity index (χ1v) is 8.04. The van der Waals surface area contributed by atoms with Crippen LogP contribution in [0.1, 0.15) is 18.1 Å². The number of aryl methyl sites for hydroxylation is 1. The van der Waals surface area contributed by atoms with E-state index in [9.17, 15) is 9.90 Å². The molecule has 2 rings (SSSR count). The molecule has 0 atom stereocenters. The van der Waals surface area contributed by atoms with Gasteiger partial charge in [-0.25, -0.2) is 5.43 Å². The molecule has 0 unspecified atom stereocenters. The van der Waals surface area contributed by atoms with Gasteiger partial charge < -0.3 is 14.6 Å². The van der Waals surface area contributed by atoms with Crippen LogP contribution in [0.5, 0.6) is 17.2 Å². The number of halogens is 1. The number of hydrazone groups is 1. The zero-order valence-corrected chi connectivity index (χ0v) is 14.7. The Morgan fingerprint density at radius 2 is 2.08 bits per heavy atom. The highest BCUT2D eigenvalue weighted by molar-refractivity contribution is 6.30. The maximum Gasteiger partial charge on any atom is 0.277 e. The van der Waals surface area contributed by atoms with Crippen molar-refractivity contribution in [2.45, 2.75) is 13.8 Å². The zero-order chi connectivity index (χ0) is 18.2. The molecule has 0 radical (unpaired) electrons. The van der Waals surface area contributed by atoms with E-state index in [2.05, 4.69) is 10.5 Å². The first-order chi connectivity index (χ1) is 12.0. The molecule has 0 bridgehead atoms. The molecule has 2 aromatic carbocycles. The van der Waals surface area contributed by atoms with Gasteiger partial charge >= 0.3 is 0 Å². The third-order valence-electron chi connectivity index (χ3n) is 3.22. The number of phenolic OH excluding ortho intramolecular Hbond substituents is 1. The summed E-state index contributed by atoms with van der Waals surface area (Å²) in [7, 11) is 0. The number of benzene rings is 2. The van der Waals surface area contributed by atoms with Gasteiger partial charge in [-0.2, -0.15) is 5.10 Å². The van der Waals surface area contributed by atoms with Crippen LogP contribution in [0.25, 0.3) is 0 Å². The highest BCUT2D eigenvalue weighted by Crippen LogP contribution is 2.28. The van der Waals surface area contributed by atoms with E-state index < -0.39 is 5.91 Å². The van der Waals surface area contributed by atoms with Gasteiger partial charge in [0.25, 0.3) is 5.91 Å². The second-order valence-corrected chi connectivity index (χ2v) is 5.56. The summed E-state index contributed by atoms with van der Waals surface area (Å²) in [5.74, 6) is 0.478. The number of nitrogens with one attached hydrogen (secondary N) is 1. The number of para-hydroxylation sites is 1. The molecule has 25 heavy (non-hydrogen) atoms. The number of nitrogens with zero attached hydrogens (tertiary/aromatic N) is 1. The molecule has 0 heterocycles. The molecular formula is C18H19ClN2O4. The monoisotopic (exact) mass is 362 g/mol. The normalized spacial score (nSPS) is 10.7. The van der Waals surface area contributed by atoms with Crippen molar-refractivity contribution in [1.82, 2.24) is 5.43 Å². The van der Waals surface area contributed by atoms with E-state index in [-0.39, 0.29) is 12.4 Å². The highest BCUT2D eigenvalue weighted by atomic mass is 35.5. The van der Waals surface area contributed by atoms with Crippen molar-refractivity contribution in [3.63, 3.8) is 0 Å². The Hall–Kier alpha value is -2.73. The van der Waals surface area contributed by atoms with Gasteiger partial charge in [-0.3, -0.25) is 4.79 Å². The molecular weight excluding hydrogens is 344 g/mol. The Kier molecular flexibility index (Phi) is 6.65. The van der Waals surface area contributed by atoms with Crippen molar-refractivity contribution in [3.05, 3.63) is 52.5 Å². The first-order valence-electron chi connectivity index (χ1n) is 7.67. The largest absolute Gasteiger partial charge is 0.504 e. The number of hydrogen-bond donors (Lipinski definition) is 2. The Morgan fingerprint density at radius 1 is 1.28 bits per heavy atom. The van der Waals surface area contributed by atoms with Gasteiger partial charge in [-0.1, -0.05) is 17.7 Å². The number of phenols is 1. The Balaban J connectivity index is 1.89. The van der Waals surface area contributed by atoms with Crippen LogP contribution >= 0.6 is 11.6 Å². The molecule has 2 aromatic rings. The van der Waals surface area contributed by atoms with Gasteiger partial charge in [0.05, 0.1) is 12.8 Å². The fourth-order valence-electron chi connectivity index (χ4n) is 2.04. The van der Waals surface area contributed by atoms with Crippen molar-refractivity contribution >= 4 is 23.7 Å². The lowest BCUT2D eigenvalue weighted by atomic mass is 10.2. The van der Waals surface area contributed by atoms with E-state index >= 15 is 0 Å². The molecule has 6 nitrogen and oxygen atoms in total. The molecule has 7 heteroatoms. The molecule has 0 aliphatic heterocycles. The highest BCUT2D eigenvalue weighted by Gasteiger charge is 2.07. The third-order valence-corrected chi connectivity index (χ3v) is 3.45. The van der Waals surface area contributed by atoms with Crippen LogP contribution in [-0.4, -0.2) is 30.4 Å².